The molecule has 0 fully saturated rings. The predicted molar refractivity (Wildman–Crippen MR) is 126 cm³/mol. The molecule has 0 bridgehead atoms. The van der Waals surface area contributed by atoms with E-state index in [1.165, 1.54) is 0 Å². The molecule has 1 heterocycles. The van der Waals surface area contributed by atoms with Gasteiger partial charge < -0.3 is 15.0 Å². The molecule has 0 aliphatic carbocycles. The van der Waals surface area contributed by atoms with Crippen molar-refractivity contribution in [3.63, 3.8) is 0 Å². The summed E-state index contributed by atoms with van der Waals surface area (Å²) in [6.07, 6.45) is 1.71. The van der Waals surface area contributed by atoms with Crippen LogP contribution >= 0.6 is 24.0 Å². The number of hydrogen-bond acceptors (Lipinski definition) is 4. The Balaban J connectivity index is 0.00000300. The molecule has 0 aliphatic rings. The normalized spacial score (nSPS) is 10.9. The van der Waals surface area contributed by atoms with Crippen LogP contribution < -0.4 is 10.1 Å². The molecule has 7 nitrogen and oxygen atoms in total. The van der Waals surface area contributed by atoms with Crippen molar-refractivity contribution in [1.82, 2.24) is 25.0 Å². The van der Waals surface area contributed by atoms with E-state index < -0.39 is 0 Å². The Labute approximate surface area is 188 Å². The molecule has 2 aromatic carbocycles. The number of aliphatic imine (C=N–C) groups is 1. The Morgan fingerprint density at radius 2 is 1.79 bits per heavy atom. The number of hydrogen-bond donors (Lipinski definition) is 1. The fourth-order valence-electron chi connectivity index (χ4n) is 2.71. The quantitative estimate of drug-likeness (QED) is 0.289. The van der Waals surface area contributed by atoms with Crippen LogP contribution in [0.4, 0.5) is 0 Å². The number of likely N-dealkylation sites (N-methyl/N-ethyl adjacent to an activating group) is 1. The molecule has 0 aliphatic heterocycles. The number of benzene rings is 2. The van der Waals surface area contributed by atoms with Crippen LogP contribution in [0.15, 0.2) is 72.0 Å². The molecule has 0 atom stereocenters. The van der Waals surface area contributed by atoms with Crippen molar-refractivity contribution in [1.29, 1.82) is 0 Å². The van der Waals surface area contributed by atoms with Crippen LogP contribution in [0.1, 0.15) is 12.7 Å². The summed E-state index contributed by atoms with van der Waals surface area (Å²) in [7, 11) is 2.00. The van der Waals surface area contributed by atoms with Crippen molar-refractivity contribution in [3.8, 4) is 11.4 Å². The van der Waals surface area contributed by atoms with E-state index in [9.17, 15) is 0 Å². The first-order valence-electron chi connectivity index (χ1n) is 9.39. The van der Waals surface area contributed by atoms with E-state index in [-0.39, 0.29) is 24.0 Å². The summed E-state index contributed by atoms with van der Waals surface area (Å²) >= 11 is 0. The number of rotatable bonds is 8. The minimum Gasteiger partial charge on any atom is -0.492 e. The lowest BCUT2D eigenvalue weighted by molar-refractivity contribution is 0.281. The van der Waals surface area contributed by atoms with Gasteiger partial charge >= 0.3 is 0 Å². The van der Waals surface area contributed by atoms with E-state index >= 15 is 0 Å². The SMILES string of the molecule is CCNC(=NCc1nncn1-c1ccccc1)N(C)CCOc1ccccc1.I. The molecule has 154 valence electrons. The molecule has 0 saturated heterocycles. The van der Waals surface area contributed by atoms with Crippen LogP contribution in [0.5, 0.6) is 5.75 Å². The number of para-hydroxylation sites is 2. The smallest absolute Gasteiger partial charge is 0.194 e. The van der Waals surface area contributed by atoms with Crippen molar-refractivity contribution in [2.24, 2.45) is 4.99 Å². The van der Waals surface area contributed by atoms with Gasteiger partial charge in [-0.05, 0) is 31.2 Å². The van der Waals surface area contributed by atoms with E-state index in [1.807, 2.05) is 72.3 Å². The second-order valence-electron chi connectivity index (χ2n) is 6.21. The maximum Gasteiger partial charge on any atom is 0.194 e. The lowest BCUT2D eigenvalue weighted by atomic mass is 10.3. The van der Waals surface area contributed by atoms with E-state index in [0.717, 1.165) is 29.8 Å². The summed E-state index contributed by atoms with van der Waals surface area (Å²) in [6, 6.07) is 19.8. The fraction of sp³-hybridized carbons (Fsp3) is 0.286. The number of guanidine groups is 1. The van der Waals surface area contributed by atoms with Gasteiger partial charge in [0.2, 0.25) is 0 Å². The van der Waals surface area contributed by atoms with Crippen molar-refractivity contribution >= 4 is 29.9 Å². The summed E-state index contributed by atoms with van der Waals surface area (Å²) < 4.78 is 7.73. The summed E-state index contributed by atoms with van der Waals surface area (Å²) in [5.41, 5.74) is 1.02. The average molecular weight is 506 g/mol. The first-order valence-corrected chi connectivity index (χ1v) is 9.39. The number of aromatic nitrogens is 3. The third-order valence-corrected chi connectivity index (χ3v) is 4.16. The highest BCUT2D eigenvalue weighted by atomic mass is 127. The van der Waals surface area contributed by atoms with E-state index in [2.05, 4.69) is 27.3 Å². The van der Waals surface area contributed by atoms with Gasteiger partial charge in [0.05, 0.1) is 6.54 Å². The first kappa shape index (κ1) is 22.7. The first-order chi connectivity index (χ1) is 13.8. The van der Waals surface area contributed by atoms with Gasteiger partial charge in [-0.15, -0.1) is 34.2 Å². The summed E-state index contributed by atoms with van der Waals surface area (Å²) in [4.78, 5) is 6.77. The monoisotopic (exact) mass is 506 g/mol. The minimum atomic E-state index is 0. The Morgan fingerprint density at radius 1 is 1.10 bits per heavy atom. The maximum absolute atomic E-state index is 5.78. The van der Waals surface area contributed by atoms with Crippen molar-refractivity contribution in [3.05, 3.63) is 72.8 Å². The number of nitrogens with zero attached hydrogens (tertiary/aromatic N) is 5. The van der Waals surface area contributed by atoms with Crippen LogP contribution in [0.3, 0.4) is 0 Å². The largest absolute Gasteiger partial charge is 0.492 e. The minimum absolute atomic E-state index is 0. The van der Waals surface area contributed by atoms with Gasteiger partial charge in [-0.2, -0.15) is 0 Å². The van der Waals surface area contributed by atoms with Gasteiger partial charge in [-0.1, -0.05) is 36.4 Å². The standard InChI is InChI=1S/C21H26N6O.HI/c1-3-22-21(26(2)14-15-28-19-12-8-5-9-13-19)23-16-20-25-24-17-27(20)18-10-6-4-7-11-18;/h4-13,17H,3,14-16H2,1-2H3,(H,22,23);1H. The van der Waals surface area contributed by atoms with Crippen LogP contribution in [0.25, 0.3) is 5.69 Å². The van der Waals surface area contributed by atoms with Crippen LogP contribution in [0.2, 0.25) is 0 Å². The predicted octanol–water partition coefficient (Wildman–Crippen LogP) is 3.36. The highest BCUT2D eigenvalue weighted by molar-refractivity contribution is 14.0. The molecule has 1 aromatic heterocycles. The van der Waals surface area contributed by atoms with Gasteiger partial charge in [0.1, 0.15) is 25.2 Å². The molecular weight excluding hydrogens is 479 g/mol. The highest BCUT2D eigenvalue weighted by Crippen LogP contribution is 2.10. The zero-order chi connectivity index (χ0) is 19.6. The number of halogens is 1. The number of nitrogens with one attached hydrogen (secondary N) is 1. The van der Waals surface area contributed by atoms with Crippen LogP contribution in [-0.4, -0.2) is 52.4 Å². The van der Waals surface area contributed by atoms with Gasteiger partial charge in [0, 0.05) is 19.3 Å². The summed E-state index contributed by atoms with van der Waals surface area (Å²) in [5.74, 6) is 2.46. The molecular formula is C21H27IN6O. The summed E-state index contributed by atoms with van der Waals surface area (Å²) in [5, 5.41) is 11.6. The van der Waals surface area contributed by atoms with Gasteiger partial charge in [0.15, 0.2) is 11.8 Å². The topological polar surface area (TPSA) is 67.6 Å². The average Bonchev–Trinajstić information content (AvgIpc) is 3.21. The van der Waals surface area contributed by atoms with Gasteiger partial charge in [-0.25, -0.2) is 4.99 Å². The molecule has 0 unspecified atom stereocenters. The van der Waals surface area contributed by atoms with Crippen molar-refractivity contribution in [2.45, 2.75) is 13.5 Å². The molecule has 0 spiro atoms. The molecule has 8 heteroatoms. The van der Waals surface area contributed by atoms with Crippen molar-refractivity contribution < 1.29 is 4.74 Å². The summed E-state index contributed by atoms with van der Waals surface area (Å²) in [6.45, 7) is 4.56. The molecule has 0 saturated carbocycles. The highest BCUT2D eigenvalue weighted by Gasteiger charge is 2.09. The van der Waals surface area contributed by atoms with E-state index in [0.29, 0.717) is 19.7 Å². The zero-order valence-electron chi connectivity index (χ0n) is 16.7. The van der Waals surface area contributed by atoms with Crippen molar-refractivity contribution in [2.75, 3.05) is 26.7 Å². The molecule has 1 N–H and O–H groups in total. The molecule has 3 aromatic rings. The molecule has 0 amide bonds. The van der Waals surface area contributed by atoms with E-state index in [4.69, 9.17) is 9.73 Å². The lowest BCUT2D eigenvalue weighted by Gasteiger charge is -2.22. The van der Waals surface area contributed by atoms with E-state index in [1.54, 1.807) is 6.33 Å². The Morgan fingerprint density at radius 3 is 2.48 bits per heavy atom. The maximum atomic E-state index is 5.78. The third-order valence-electron chi connectivity index (χ3n) is 4.16. The Bertz CT molecular complexity index is 869. The zero-order valence-corrected chi connectivity index (χ0v) is 19.1. The number of ether oxygens (including phenoxy) is 1. The fourth-order valence-corrected chi connectivity index (χ4v) is 2.71. The second-order valence-corrected chi connectivity index (χ2v) is 6.21. The van der Waals surface area contributed by atoms with Gasteiger partial charge in [0.25, 0.3) is 0 Å². The lowest BCUT2D eigenvalue weighted by Crippen LogP contribution is -2.40. The van der Waals surface area contributed by atoms with Crippen LogP contribution in [-0.2, 0) is 6.54 Å². The van der Waals surface area contributed by atoms with Crippen LogP contribution in [0, 0.1) is 0 Å². The molecule has 3 rings (SSSR count). The van der Waals surface area contributed by atoms with Gasteiger partial charge in [-0.3, -0.25) is 4.57 Å². The second kappa shape index (κ2) is 12.1. The third kappa shape index (κ3) is 6.74. The molecule has 29 heavy (non-hydrogen) atoms. The molecule has 0 radical (unpaired) electrons. The Kier molecular flexibility index (Phi) is 9.42. The Hall–Kier alpha value is -2.62.